The van der Waals surface area contributed by atoms with E-state index < -0.39 is 0 Å². The van der Waals surface area contributed by atoms with Gasteiger partial charge < -0.3 is 10.1 Å². The first kappa shape index (κ1) is 15.4. The maximum Gasteiger partial charge on any atom is 0.219 e. The fourth-order valence-electron chi connectivity index (χ4n) is 1.58. The molecule has 20 heavy (non-hydrogen) atoms. The Morgan fingerprint density at radius 2 is 1.95 bits per heavy atom. The van der Waals surface area contributed by atoms with Crippen LogP contribution in [0.25, 0.3) is 0 Å². The number of hydrogen-bond donors (Lipinski definition) is 1. The molecule has 3 nitrogen and oxygen atoms in total. The van der Waals surface area contributed by atoms with E-state index in [1.165, 1.54) is 0 Å². The van der Waals surface area contributed by atoms with E-state index in [9.17, 15) is 0 Å². The molecule has 0 saturated carbocycles. The largest absolute Gasteiger partial charge is 0.437 e. The van der Waals surface area contributed by atoms with Crippen molar-refractivity contribution in [3.05, 3.63) is 51.1 Å². The fraction of sp³-hybridized carbons (Fsp3) is 0.214. The van der Waals surface area contributed by atoms with Crippen LogP contribution in [0.4, 0.5) is 0 Å². The van der Waals surface area contributed by atoms with Crippen LogP contribution in [-0.4, -0.2) is 11.5 Å². The molecule has 0 spiro atoms. The highest BCUT2D eigenvalue weighted by Crippen LogP contribution is 2.32. The smallest absolute Gasteiger partial charge is 0.219 e. The molecule has 1 heterocycles. The minimum atomic E-state index is 0.423. The third kappa shape index (κ3) is 4.00. The maximum absolute atomic E-state index is 6.09. The van der Waals surface area contributed by atoms with Gasteiger partial charge in [-0.2, -0.15) is 0 Å². The summed E-state index contributed by atoms with van der Waals surface area (Å²) >= 11 is 18.1. The summed E-state index contributed by atoms with van der Waals surface area (Å²) in [6.07, 6.45) is 1.56. The normalized spacial score (nSPS) is 10.6. The third-order valence-electron chi connectivity index (χ3n) is 2.58. The predicted octanol–water partition coefficient (Wildman–Crippen LogP) is 4.94. The summed E-state index contributed by atoms with van der Waals surface area (Å²) in [5, 5.41) is 4.81. The van der Waals surface area contributed by atoms with Crippen LogP contribution >= 0.6 is 34.8 Å². The van der Waals surface area contributed by atoms with Gasteiger partial charge in [-0.15, -0.1) is 0 Å². The molecule has 6 heteroatoms. The van der Waals surface area contributed by atoms with Gasteiger partial charge in [-0.3, -0.25) is 0 Å². The van der Waals surface area contributed by atoms with Gasteiger partial charge in [0.2, 0.25) is 5.88 Å². The van der Waals surface area contributed by atoms with Crippen LogP contribution in [0.15, 0.2) is 30.5 Å². The SMILES string of the molecule is CCNCc1cc(Oc2cc(Cl)ccc2Cl)ncc1Cl. The first-order valence-corrected chi connectivity index (χ1v) is 7.21. The zero-order valence-electron chi connectivity index (χ0n) is 10.8. The Balaban J connectivity index is 2.22. The number of aromatic nitrogens is 1. The van der Waals surface area contributed by atoms with Crippen LogP contribution in [0.5, 0.6) is 11.6 Å². The predicted molar refractivity (Wildman–Crippen MR) is 83.2 cm³/mol. The second-order valence-corrected chi connectivity index (χ2v) is 5.32. The Kier molecular flexibility index (Phi) is 5.49. The van der Waals surface area contributed by atoms with E-state index in [1.807, 2.05) is 6.92 Å². The molecule has 0 saturated heterocycles. The van der Waals surface area contributed by atoms with Crippen molar-refractivity contribution in [3.63, 3.8) is 0 Å². The number of ether oxygens (including phenoxy) is 1. The van der Waals surface area contributed by atoms with Crippen LogP contribution in [0, 0.1) is 0 Å². The molecule has 0 aliphatic heterocycles. The Hall–Kier alpha value is -1.00. The van der Waals surface area contributed by atoms with Crippen LogP contribution < -0.4 is 10.1 Å². The molecular formula is C14H13Cl3N2O. The Labute approximate surface area is 132 Å². The van der Waals surface area contributed by atoms with Gasteiger partial charge in [-0.05, 0) is 24.2 Å². The lowest BCUT2D eigenvalue weighted by Gasteiger charge is -2.10. The lowest BCUT2D eigenvalue weighted by Crippen LogP contribution is -2.12. The highest BCUT2D eigenvalue weighted by Gasteiger charge is 2.08. The molecule has 0 unspecified atom stereocenters. The average Bonchev–Trinajstić information content (AvgIpc) is 2.43. The molecule has 0 aliphatic carbocycles. The van der Waals surface area contributed by atoms with Crippen LogP contribution in [-0.2, 0) is 6.54 Å². The molecule has 1 N–H and O–H groups in total. The summed E-state index contributed by atoms with van der Waals surface area (Å²) in [7, 11) is 0. The van der Waals surface area contributed by atoms with E-state index in [-0.39, 0.29) is 0 Å². The van der Waals surface area contributed by atoms with Gasteiger partial charge >= 0.3 is 0 Å². The molecule has 0 aliphatic rings. The molecule has 0 radical (unpaired) electrons. The third-order valence-corrected chi connectivity index (χ3v) is 3.47. The molecule has 2 rings (SSSR count). The van der Waals surface area contributed by atoms with Crippen molar-refractivity contribution < 1.29 is 4.74 Å². The van der Waals surface area contributed by atoms with Gasteiger partial charge in [0, 0.05) is 29.9 Å². The number of pyridine rings is 1. The number of rotatable bonds is 5. The van der Waals surface area contributed by atoms with E-state index in [0.29, 0.717) is 33.2 Å². The minimum absolute atomic E-state index is 0.423. The van der Waals surface area contributed by atoms with E-state index >= 15 is 0 Å². The summed E-state index contributed by atoms with van der Waals surface area (Å²) in [4.78, 5) is 4.13. The highest BCUT2D eigenvalue weighted by molar-refractivity contribution is 6.34. The lowest BCUT2D eigenvalue weighted by molar-refractivity contribution is 0.462. The molecule has 1 aromatic carbocycles. The Morgan fingerprint density at radius 1 is 1.15 bits per heavy atom. The fourth-order valence-corrected chi connectivity index (χ4v) is 2.07. The van der Waals surface area contributed by atoms with Gasteiger partial charge in [-0.25, -0.2) is 4.98 Å². The number of nitrogens with one attached hydrogen (secondary N) is 1. The summed E-state index contributed by atoms with van der Waals surface area (Å²) in [5.74, 6) is 0.884. The maximum atomic E-state index is 6.09. The molecule has 106 valence electrons. The van der Waals surface area contributed by atoms with Crippen molar-refractivity contribution in [1.82, 2.24) is 10.3 Å². The van der Waals surface area contributed by atoms with Crippen molar-refractivity contribution >= 4 is 34.8 Å². The first-order valence-electron chi connectivity index (χ1n) is 6.08. The van der Waals surface area contributed by atoms with Crippen molar-refractivity contribution in [2.45, 2.75) is 13.5 Å². The van der Waals surface area contributed by atoms with Crippen molar-refractivity contribution in [2.75, 3.05) is 6.54 Å². The molecule has 1 aromatic heterocycles. The van der Waals surface area contributed by atoms with E-state index in [1.54, 1.807) is 30.5 Å². The average molecular weight is 332 g/mol. The van der Waals surface area contributed by atoms with Crippen molar-refractivity contribution in [3.8, 4) is 11.6 Å². The Bertz CT molecular complexity index is 605. The van der Waals surface area contributed by atoms with E-state index in [2.05, 4.69) is 10.3 Å². The number of benzene rings is 1. The van der Waals surface area contributed by atoms with Gasteiger partial charge in [-0.1, -0.05) is 41.7 Å². The van der Waals surface area contributed by atoms with E-state index in [0.717, 1.165) is 12.1 Å². The van der Waals surface area contributed by atoms with Gasteiger partial charge in [0.05, 0.1) is 10.0 Å². The lowest BCUT2D eigenvalue weighted by atomic mass is 10.2. The van der Waals surface area contributed by atoms with Crippen LogP contribution in [0.2, 0.25) is 15.1 Å². The summed E-state index contributed by atoms with van der Waals surface area (Å²) < 4.78 is 5.65. The highest BCUT2D eigenvalue weighted by atomic mass is 35.5. The number of hydrogen-bond acceptors (Lipinski definition) is 3. The second kappa shape index (κ2) is 7.14. The minimum Gasteiger partial charge on any atom is -0.437 e. The Morgan fingerprint density at radius 3 is 2.70 bits per heavy atom. The molecule has 2 aromatic rings. The van der Waals surface area contributed by atoms with Crippen LogP contribution in [0.1, 0.15) is 12.5 Å². The summed E-state index contributed by atoms with van der Waals surface area (Å²) in [6, 6.07) is 6.80. The molecule has 0 fully saturated rings. The van der Waals surface area contributed by atoms with Crippen LogP contribution in [0.3, 0.4) is 0 Å². The molecule has 0 bridgehead atoms. The molecule has 0 atom stereocenters. The first-order chi connectivity index (χ1) is 9.60. The van der Waals surface area contributed by atoms with E-state index in [4.69, 9.17) is 39.5 Å². The van der Waals surface area contributed by atoms with Gasteiger partial charge in [0.1, 0.15) is 5.75 Å². The standard InChI is InChI=1S/C14H13Cl3N2O/c1-2-18-7-9-5-14(19-8-12(9)17)20-13-6-10(15)3-4-11(13)16/h3-6,8,18H,2,7H2,1H3. The summed E-state index contributed by atoms with van der Waals surface area (Å²) in [6.45, 7) is 3.53. The number of halogens is 3. The number of nitrogens with zero attached hydrogens (tertiary/aromatic N) is 1. The monoisotopic (exact) mass is 330 g/mol. The van der Waals surface area contributed by atoms with Gasteiger partial charge in [0.15, 0.2) is 0 Å². The van der Waals surface area contributed by atoms with Crippen molar-refractivity contribution in [1.29, 1.82) is 0 Å². The topological polar surface area (TPSA) is 34.1 Å². The van der Waals surface area contributed by atoms with Gasteiger partial charge in [0.25, 0.3) is 0 Å². The summed E-state index contributed by atoms with van der Waals surface area (Å²) in [5.41, 5.74) is 0.914. The molecule has 0 amide bonds. The quantitative estimate of drug-likeness (QED) is 0.842. The van der Waals surface area contributed by atoms with Crippen molar-refractivity contribution in [2.24, 2.45) is 0 Å². The zero-order chi connectivity index (χ0) is 14.5. The molecular weight excluding hydrogens is 319 g/mol. The second-order valence-electron chi connectivity index (χ2n) is 4.07. The zero-order valence-corrected chi connectivity index (χ0v) is 13.1.